The van der Waals surface area contributed by atoms with Crippen LogP contribution in [0.2, 0.25) is 0 Å². The van der Waals surface area contributed by atoms with Gasteiger partial charge in [0, 0.05) is 18.7 Å². The highest BCUT2D eigenvalue weighted by Gasteiger charge is 2.07. The second kappa shape index (κ2) is 11.6. The summed E-state index contributed by atoms with van der Waals surface area (Å²) in [4.78, 5) is 4.46. The molecule has 0 saturated carbocycles. The van der Waals surface area contributed by atoms with E-state index in [9.17, 15) is 9.50 Å². The SMILES string of the molecule is CCNC(=NCc1cccc(OC)c1O)NCCc1ccccc1F.I. The molecule has 5 nitrogen and oxygen atoms in total. The van der Waals surface area contributed by atoms with Gasteiger partial charge in [-0.25, -0.2) is 9.38 Å². The molecule has 7 heteroatoms. The van der Waals surface area contributed by atoms with Crippen LogP contribution >= 0.6 is 24.0 Å². The second-order valence-electron chi connectivity index (χ2n) is 5.43. The number of nitrogens with one attached hydrogen (secondary N) is 2. The van der Waals surface area contributed by atoms with Gasteiger partial charge in [-0.3, -0.25) is 0 Å². The lowest BCUT2D eigenvalue weighted by Gasteiger charge is -2.12. The molecule has 0 unspecified atom stereocenters. The first kappa shape index (κ1) is 22.0. The quantitative estimate of drug-likeness (QED) is 0.328. The molecule has 3 N–H and O–H groups in total. The van der Waals surface area contributed by atoms with Gasteiger partial charge >= 0.3 is 0 Å². The number of rotatable bonds is 7. The largest absolute Gasteiger partial charge is 0.504 e. The first-order valence-electron chi connectivity index (χ1n) is 8.26. The monoisotopic (exact) mass is 473 g/mol. The summed E-state index contributed by atoms with van der Waals surface area (Å²) in [5.41, 5.74) is 1.34. The number of hydrogen-bond donors (Lipinski definition) is 3. The molecule has 2 aromatic carbocycles. The van der Waals surface area contributed by atoms with Gasteiger partial charge in [0.2, 0.25) is 0 Å². The number of hydrogen-bond acceptors (Lipinski definition) is 3. The minimum atomic E-state index is -0.201. The van der Waals surface area contributed by atoms with E-state index < -0.39 is 0 Å². The standard InChI is InChI=1S/C19H24FN3O2.HI/c1-3-21-19(22-12-11-14-7-4-5-9-16(14)20)23-13-15-8-6-10-17(25-2)18(15)24;/h4-10,24H,3,11-13H2,1-2H3,(H2,21,22,23);1H. The van der Waals surface area contributed by atoms with Crippen molar-refractivity contribution in [1.29, 1.82) is 0 Å². The Bertz CT molecular complexity index is 726. The van der Waals surface area contributed by atoms with Gasteiger partial charge in [0.05, 0.1) is 13.7 Å². The summed E-state index contributed by atoms with van der Waals surface area (Å²) in [7, 11) is 1.51. The summed E-state index contributed by atoms with van der Waals surface area (Å²) < 4.78 is 18.7. The average molecular weight is 473 g/mol. The molecule has 0 atom stereocenters. The molecule has 0 heterocycles. The molecule has 142 valence electrons. The summed E-state index contributed by atoms with van der Waals surface area (Å²) in [5.74, 6) is 0.926. The lowest BCUT2D eigenvalue weighted by Crippen LogP contribution is -2.38. The van der Waals surface area contributed by atoms with E-state index in [2.05, 4.69) is 15.6 Å². The van der Waals surface area contributed by atoms with E-state index in [-0.39, 0.29) is 35.5 Å². The number of halogens is 2. The predicted octanol–water partition coefficient (Wildman–Crippen LogP) is 3.46. The molecule has 2 aromatic rings. The Hall–Kier alpha value is -2.03. The number of phenolic OH excluding ortho intramolecular Hbond substituents is 1. The van der Waals surface area contributed by atoms with Crippen molar-refractivity contribution < 1.29 is 14.2 Å². The van der Waals surface area contributed by atoms with Gasteiger partial charge in [-0.1, -0.05) is 30.3 Å². The molecule has 0 aliphatic heterocycles. The van der Waals surface area contributed by atoms with E-state index in [4.69, 9.17) is 4.74 Å². The van der Waals surface area contributed by atoms with Gasteiger partial charge in [0.25, 0.3) is 0 Å². The van der Waals surface area contributed by atoms with Crippen LogP contribution in [0, 0.1) is 5.82 Å². The highest BCUT2D eigenvalue weighted by molar-refractivity contribution is 14.0. The lowest BCUT2D eigenvalue weighted by atomic mass is 10.1. The molecule has 0 aliphatic rings. The molecule has 0 amide bonds. The summed E-state index contributed by atoms with van der Waals surface area (Å²) >= 11 is 0. The van der Waals surface area contributed by atoms with Crippen molar-refractivity contribution >= 4 is 29.9 Å². The van der Waals surface area contributed by atoms with Crippen LogP contribution in [0.25, 0.3) is 0 Å². The van der Waals surface area contributed by atoms with Gasteiger partial charge in [0.1, 0.15) is 5.82 Å². The number of para-hydroxylation sites is 1. The van der Waals surface area contributed by atoms with Crippen molar-refractivity contribution in [2.24, 2.45) is 4.99 Å². The number of benzene rings is 2. The minimum Gasteiger partial charge on any atom is -0.504 e. The van der Waals surface area contributed by atoms with Crippen molar-refractivity contribution in [3.8, 4) is 11.5 Å². The van der Waals surface area contributed by atoms with E-state index in [1.807, 2.05) is 19.1 Å². The van der Waals surface area contributed by atoms with E-state index in [1.165, 1.54) is 13.2 Å². The molecule has 0 radical (unpaired) electrons. The van der Waals surface area contributed by atoms with Crippen LogP contribution in [-0.4, -0.2) is 31.3 Å². The number of ether oxygens (including phenoxy) is 1. The fraction of sp³-hybridized carbons (Fsp3) is 0.316. The molecule has 26 heavy (non-hydrogen) atoms. The summed E-state index contributed by atoms with van der Waals surface area (Å²) in [6.45, 7) is 3.53. The zero-order valence-electron chi connectivity index (χ0n) is 15.0. The topological polar surface area (TPSA) is 65.9 Å². The van der Waals surface area contributed by atoms with Crippen molar-refractivity contribution in [2.45, 2.75) is 19.9 Å². The number of methoxy groups -OCH3 is 1. The molecule has 0 bridgehead atoms. The normalized spacial score (nSPS) is 10.8. The fourth-order valence-electron chi connectivity index (χ4n) is 2.38. The molecule has 0 spiro atoms. The third kappa shape index (κ3) is 6.36. The van der Waals surface area contributed by atoms with Crippen LogP contribution in [-0.2, 0) is 13.0 Å². The van der Waals surface area contributed by atoms with Crippen molar-refractivity contribution in [2.75, 3.05) is 20.2 Å². The van der Waals surface area contributed by atoms with Gasteiger partial charge in [-0.05, 0) is 31.0 Å². The number of phenols is 1. The van der Waals surface area contributed by atoms with Crippen LogP contribution in [0.5, 0.6) is 11.5 Å². The van der Waals surface area contributed by atoms with Crippen molar-refractivity contribution in [3.63, 3.8) is 0 Å². The van der Waals surface area contributed by atoms with Crippen LogP contribution < -0.4 is 15.4 Å². The smallest absolute Gasteiger partial charge is 0.191 e. The Morgan fingerprint density at radius 1 is 1.12 bits per heavy atom. The van der Waals surface area contributed by atoms with E-state index >= 15 is 0 Å². The maximum Gasteiger partial charge on any atom is 0.191 e. The second-order valence-corrected chi connectivity index (χ2v) is 5.43. The third-order valence-electron chi connectivity index (χ3n) is 3.70. The first-order valence-corrected chi connectivity index (χ1v) is 8.26. The molecule has 0 aromatic heterocycles. The van der Waals surface area contributed by atoms with Gasteiger partial charge in [0.15, 0.2) is 17.5 Å². The zero-order chi connectivity index (χ0) is 18.1. The Morgan fingerprint density at radius 2 is 1.85 bits per heavy atom. The highest BCUT2D eigenvalue weighted by atomic mass is 127. The van der Waals surface area contributed by atoms with Gasteiger partial charge < -0.3 is 20.5 Å². The summed E-state index contributed by atoms with van der Waals surface area (Å²) in [5, 5.41) is 16.4. The fourth-order valence-corrected chi connectivity index (χ4v) is 2.38. The molecule has 0 aliphatic carbocycles. The highest BCUT2D eigenvalue weighted by Crippen LogP contribution is 2.29. The Kier molecular flexibility index (Phi) is 9.79. The number of aromatic hydroxyl groups is 1. The molecule has 0 saturated heterocycles. The Balaban J connectivity index is 0.00000338. The first-order chi connectivity index (χ1) is 12.2. The molecular formula is C19H25FIN3O2. The maximum absolute atomic E-state index is 13.6. The van der Waals surface area contributed by atoms with E-state index in [0.29, 0.717) is 48.9 Å². The Labute approximate surface area is 170 Å². The number of nitrogens with zero attached hydrogens (tertiary/aromatic N) is 1. The van der Waals surface area contributed by atoms with Crippen LogP contribution in [0.15, 0.2) is 47.5 Å². The van der Waals surface area contributed by atoms with E-state index in [0.717, 1.165) is 0 Å². The summed E-state index contributed by atoms with van der Waals surface area (Å²) in [6, 6.07) is 12.0. The maximum atomic E-state index is 13.6. The number of guanidine groups is 1. The number of aliphatic imine (C=N–C) groups is 1. The van der Waals surface area contributed by atoms with E-state index in [1.54, 1.807) is 24.3 Å². The summed E-state index contributed by atoms with van der Waals surface area (Å²) in [6.07, 6.45) is 0.557. The zero-order valence-corrected chi connectivity index (χ0v) is 17.3. The van der Waals surface area contributed by atoms with Crippen LogP contribution in [0.1, 0.15) is 18.1 Å². The van der Waals surface area contributed by atoms with Gasteiger partial charge in [-0.15, -0.1) is 24.0 Å². The van der Waals surface area contributed by atoms with Crippen molar-refractivity contribution in [1.82, 2.24) is 10.6 Å². The third-order valence-corrected chi connectivity index (χ3v) is 3.70. The predicted molar refractivity (Wildman–Crippen MR) is 113 cm³/mol. The minimum absolute atomic E-state index is 0. The van der Waals surface area contributed by atoms with Crippen LogP contribution in [0.3, 0.4) is 0 Å². The molecule has 2 rings (SSSR count). The lowest BCUT2D eigenvalue weighted by molar-refractivity contribution is 0.370. The van der Waals surface area contributed by atoms with Crippen LogP contribution in [0.4, 0.5) is 4.39 Å². The van der Waals surface area contributed by atoms with Gasteiger partial charge in [-0.2, -0.15) is 0 Å². The molecule has 0 fully saturated rings. The Morgan fingerprint density at radius 3 is 2.54 bits per heavy atom. The van der Waals surface area contributed by atoms with Crippen molar-refractivity contribution in [3.05, 3.63) is 59.4 Å². The molecular weight excluding hydrogens is 448 g/mol. The average Bonchev–Trinajstić information content (AvgIpc) is 2.62.